The highest BCUT2D eigenvalue weighted by Gasteiger charge is 2.22. The average Bonchev–Trinajstić information content (AvgIpc) is 2.64. The fourth-order valence-electron chi connectivity index (χ4n) is 1.72. The maximum Gasteiger partial charge on any atom is 0.420 e. The molecule has 0 radical (unpaired) electrons. The van der Waals surface area contributed by atoms with E-state index in [1.807, 2.05) is 45.0 Å². The van der Waals surface area contributed by atoms with Crippen LogP contribution in [0.3, 0.4) is 0 Å². The molecule has 0 fully saturated rings. The van der Waals surface area contributed by atoms with E-state index in [9.17, 15) is 4.79 Å². The normalized spacial score (nSPS) is 11.8. The second kappa shape index (κ2) is 4.42. The zero-order chi connectivity index (χ0) is 13.3. The molecule has 1 aromatic heterocycles. The SMILES string of the molecule is CC(C)(C)OC(=O)n1c(CN)nc2ccccc21. The highest BCUT2D eigenvalue weighted by molar-refractivity contribution is 5.87. The lowest BCUT2D eigenvalue weighted by molar-refractivity contribution is 0.0539. The summed E-state index contributed by atoms with van der Waals surface area (Å²) in [5.41, 5.74) is 6.53. The zero-order valence-corrected chi connectivity index (χ0v) is 10.8. The van der Waals surface area contributed by atoms with Crippen molar-refractivity contribution in [3.63, 3.8) is 0 Å². The summed E-state index contributed by atoms with van der Waals surface area (Å²) in [5, 5.41) is 0. The number of imidazole rings is 1. The highest BCUT2D eigenvalue weighted by Crippen LogP contribution is 2.18. The molecule has 1 aromatic carbocycles. The van der Waals surface area contributed by atoms with E-state index in [1.165, 1.54) is 4.57 Å². The van der Waals surface area contributed by atoms with Crippen molar-refractivity contribution < 1.29 is 9.53 Å². The number of para-hydroxylation sites is 2. The van der Waals surface area contributed by atoms with Gasteiger partial charge < -0.3 is 10.5 Å². The summed E-state index contributed by atoms with van der Waals surface area (Å²) in [6, 6.07) is 7.39. The number of nitrogens with two attached hydrogens (primary N) is 1. The summed E-state index contributed by atoms with van der Waals surface area (Å²) in [6.45, 7) is 5.67. The van der Waals surface area contributed by atoms with E-state index in [-0.39, 0.29) is 6.54 Å². The number of hydrogen-bond donors (Lipinski definition) is 1. The van der Waals surface area contributed by atoms with Gasteiger partial charge in [-0.05, 0) is 32.9 Å². The first-order chi connectivity index (χ1) is 8.42. The molecule has 0 aliphatic rings. The van der Waals surface area contributed by atoms with Crippen LogP contribution < -0.4 is 5.73 Å². The van der Waals surface area contributed by atoms with E-state index in [0.29, 0.717) is 11.3 Å². The summed E-state index contributed by atoms with van der Waals surface area (Å²) in [6.07, 6.45) is -0.448. The summed E-state index contributed by atoms with van der Waals surface area (Å²) < 4.78 is 6.79. The van der Waals surface area contributed by atoms with Gasteiger partial charge in [0.25, 0.3) is 0 Å². The Morgan fingerprint density at radius 3 is 2.67 bits per heavy atom. The lowest BCUT2D eigenvalue weighted by Gasteiger charge is -2.20. The van der Waals surface area contributed by atoms with Crippen LogP contribution >= 0.6 is 0 Å². The van der Waals surface area contributed by atoms with Gasteiger partial charge in [-0.25, -0.2) is 14.3 Å². The molecule has 96 valence electrons. The predicted octanol–water partition coefficient (Wildman–Crippen LogP) is 2.28. The highest BCUT2D eigenvalue weighted by atomic mass is 16.6. The second-order valence-corrected chi connectivity index (χ2v) is 5.04. The molecule has 2 aromatic rings. The third kappa shape index (κ3) is 2.36. The van der Waals surface area contributed by atoms with Gasteiger partial charge in [-0.3, -0.25) is 0 Å². The Morgan fingerprint density at radius 1 is 1.39 bits per heavy atom. The van der Waals surface area contributed by atoms with Gasteiger partial charge in [0.05, 0.1) is 17.6 Å². The summed E-state index contributed by atoms with van der Waals surface area (Å²) in [4.78, 5) is 16.5. The third-order valence-corrected chi connectivity index (χ3v) is 2.39. The van der Waals surface area contributed by atoms with Crippen LogP contribution in [-0.2, 0) is 11.3 Å². The molecule has 5 nitrogen and oxygen atoms in total. The number of fused-ring (bicyclic) bond motifs is 1. The topological polar surface area (TPSA) is 70.1 Å². The van der Waals surface area contributed by atoms with Crippen molar-refractivity contribution in [3.8, 4) is 0 Å². The molecule has 0 saturated carbocycles. The number of carbonyl (C=O) groups excluding carboxylic acids is 1. The molecule has 0 aliphatic heterocycles. The monoisotopic (exact) mass is 247 g/mol. The molecule has 18 heavy (non-hydrogen) atoms. The number of ether oxygens (including phenoxy) is 1. The average molecular weight is 247 g/mol. The first kappa shape index (κ1) is 12.6. The van der Waals surface area contributed by atoms with Gasteiger partial charge in [-0.15, -0.1) is 0 Å². The summed E-state index contributed by atoms with van der Waals surface area (Å²) in [7, 11) is 0. The molecule has 2 N–H and O–H groups in total. The Bertz CT molecular complexity index is 581. The Morgan fingerprint density at radius 2 is 2.06 bits per heavy atom. The molecule has 0 bridgehead atoms. The van der Waals surface area contributed by atoms with Gasteiger partial charge >= 0.3 is 6.09 Å². The fourth-order valence-corrected chi connectivity index (χ4v) is 1.72. The van der Waals surface area contributed by atoms with Crippen LogP contribution in [0.4, 0.5) is 4.79 Å². The molecule has 0 atom stereocenters. The number of carbonyl (C=O) groups is 1. The summed E-state index contributed by atoms with van der Waals surface area (Å²) in [5.74, 6) is 0.505. The largest absolute Gasteiger partial charge is 0.443 e. The molecule has 0 amide bonds. The third-order valence-electron chi connectivity index (χ3n) is 2.39. The molecular formula is C13H17N3O2. The van der Waals surface area contributed by atoms with E-state index in [4.69, 9.17) is 10.5 Å². The maximum absolute atomic E-state index is 12.2. The second-order valence-electron chi connectivity index (χ2n) is 5.04. The summed E-state index contributed by atoms with van der Waals surface area (Å²) >= 11 is 0. The van der Waals surface area contributed by atoms with Crippen molar-refractivity contribution in [2.45, 2.75) is 32.9 Å². The minimum atomic E-state index is -0.547. The maximum atomic E-state index is 12.2. The fraction of sp³-hybridized carbons (Fsp3) is 0.385. The van der Waals surface area contributed by atoms with E-state index >= 15 is 0 Å². The van der Waals surface area contributed by atoms with Gasteiger partial charge in [-0.1, -0.05) is 12.1 Å². The van der Waals surface area contributed by atoms with Crippen LogP contribution in [-0.4, -0.2) is 21.2 Å². The minimum Gasteiger partial charge on any atom is -0.443 e. The Balaban J connectivity index is 2.51. The van der Waals surface area contributed by atoms with Crippen molar-refractivity contribution in [2.75, 3.05) is 0 Å². The molecule has 5 heteroatoms. The number of aromatic nitrogens is 2. The Hall–Kier alpha value is -1.88. The molecular weight excluding hydrogens is 230 g/mol. The van der Waals surface area contributed by atoms with Crippen LogP contribution in [0.2, 0.25) is 0 Å². The van der Waals surface area contributed by atoms with Gasteiger partial charge in [0.15, 0.2) is 0 Å². The van der Waals surface area contributed by atoms with Gasteiger partial charge in [-0.2, -0.15) is 0 Å². The quantitative estimate of drug-likeness (QED) is 0.839. The first-order valence-corrected chi connectivity index (χ1v) is 5.82. The smallest absolute Gasteiger partial charge is 0.420 e. The van der Waals surface area contributed by atoms with Crippen molar-refractivity contribution >= 4 is 17.1 Å². The van der Waals surface area contributed by atoms with Crippen LogP contribution in [0.15, 0.2) is 24.3 Å². The van der Waals surface area contributed by atoms with Gasteiger partial charge in [0.1, 0.15) is 11.4 Å². The zero-order valence-electron chi connectivity index (χ0n) is 10.8. The predicted molar refractivity (Wildman–Crippen MR) is 69.3 cm³/mol. The van der Waals surface area contributed by atoms with E-state index in [0.717, 1.165) is 5.52 Å². The van der Waals surface area contributed by atoms with E-state index in [1.54, 1.807) is 0 Å². The van der Waals surface area contributed by atoms with Crippen molar-refractivity contribution in [1.29, 1.82) is 0 Å². The lowest BCUT2D eigenvalue weighted by Crippen LogP contribution is -2.28. The van der Waals surface area contributed by atoms with Crippen LogP contribution in [0.1, 0.15) is 26.6 Å². The van der Waals surface area contributed by atoms with Gasteiger partial charge in [0, 0.05) is 0 Å². The van der Waals surface area contributed by atoms with Crippen LogP contribution in [0, 0.1) is 0 Å². The number of nitrogens with zero attached hydrogens (tertiary/aromatic N) is 2. The molecule has 2 rings (SSSR count). The molecule has 0 saturated heterocycles. The molecule has 0 spiro atoms. The lowest BCUT2D eigenvalue weighted by atomic mass is 10.2. The number of hydrogen-bond acceptors (Lipinski definition) is 4. The van der Waals surface area contributed by atoms with Crippen molar-refractivity contribution in [3.05, 3.63) is 30.1 Å². The van der Waals surface area contributed by atoms with Gasteiger partial charge in [0.2, 0.25) is 0 Å². The van der Waals surface area contributed by atoms with E-state index in [2.05, 4.69) is 4.98 Å². The minimum absolute atomic E-state index is 0.188. The number of rotatable bonds is 1. The van der Waals surface area contributed by atoms with Crippen LogP contribution in [0.5, 0.6) is 0 Å². The van der Waals surface area contributed by atoms with Crippen molar-refractivity contribution in [1.82, 2.24) is 9.55 Å². The Kier molecular flexibility index (Phi) is 3.09. The molecule has 0 aliphatic carbocycles. The Labute approximate surface area is 106 Å². The standard InChI is InChI=1S/C13H17N3O2/c1-13(2,3)18-12(17)16-10-7-5-4-6-9(10)15-11(16)8-14/h4-7H,8,14H2,1-3H3. The van der Waals surface area contributed by atoms with Crippen molar-refractivity contribution in [2.24, 2.45) is 5.73 Å². The first-order valence-electron chi connectivity index (χ1n) is 5.82. The van der Waals surface area contributed by atoms with Crippen LogP contribution in [0.25, 0.3) is 11.0 Å². The number of benzene rings is 1. The molecule has 0 unspecified atom stereocenters. The molecule has 1 heterocycles. The van der Waals surface area contributed by atoms with E-state index < -0.39 is 11.7 Å².